The van der Waals surface area contributed by atoms with Crippen LogP contribution in [0.3, 0.4) is 0 Å². The van der Waals surface area contributed by atoms with Crippen molar-refractivity contribution in [2.24, 2.45) is 11.7 Å². The number of amides is 3. The van der Waals surface area contributed by atoms with Crippen LogP contribution < -0.4 is 5.73 Å². The average molecular weight is 430 g/mol. The molecule has 1 heterocycles. The fourth-order valence-electron chi connectivity index (χ4n) is 3.37. The van der Waals surface area contributed by atoms with E-state index in [4.69, 9.17) is 5.73 Å². The molecule has 0 saturated carbocycles. The van der Waals surface area contributed by atoms with Crippen molar-refractivity contribution in [1.29, 1.82) is 0 Å². The number of hydrogen-bond donors (Lipinski definition) is 1. The van der Waals surface area contributed by atoms with Gasteiger partial charge in [0.15, 0.2) is 0 Å². The molecule has 6 nitrogen and oxygen atoms in total. The fourth-order valence-corrected chi connectivity index (χ4v) is 3.37. The smallest absolute Gasteiger partial charge is 0.261 e. The molecule has 0 bridgehead atoms. The molecule has 2 aromatic carbocycles. The molecule has 3 rings (SSSR count). The van der Waals surface area contributed by atoms with Crippen molar-refractivity contribution in [3.8, 4) is 0 Å². The summed E-state index contributed by atoms with van der Waals surface area (Å²) in [4.78, 5) is 40.8. The number of carbonyl (C=O) groups excluding carboxylic acids is 3. The van der Waals surface area contributed by atoms with E-state index in [-0.39, 0.29) is 42.7 Å². The number of hydrogen-bond acceptors (Lipinski definition) is 4. The van der Waals surface area contributed by atoms with Crippen molar-refractivity contribution in [3.63, 3.8) is 0 Å². The third kappa shape index (κ3) is 4.89. The molecule has 7 heteroatoms. The summed E-state index contributed by atoms with van der Waals surface area (Å²) >= 11 is 0. The predicted octanol–water partition coefficient (Wildman–Crippen LogP) is 3.35. The Labute approximate surface area is 183 Å². The Balaban J connectivity index is 0.00000320. The van der Waals surface area contributed by atoms with Gasteiger partial charge in [0, 0.05) is 25.2 Å². The summed E-state index contributed by atoms with van der Waals surface area (Å²) in [6.45, 7) is 4.83. The van der Waals surface area contributed by atoms with Crippen LogP contribution in [-0.2, 0) is 6.54 Å². The highest BCUT2D eigenvalue weighted by Crippen LogP contribution is 2.24. The molecule has 2 N–H and O–H groups in total. The third-order valence-corrected chi connectivity index (χ3v) is 5.39. The first-order chi connectivity index (χ1) is 13.8. The molecule has 0 spiro atoms. The minimum atomic E-state index is -0.304. The van der Waals surface area contributed by atoms with E-state index in [1.807, 2.05) is 6.07 Å². The normalized spacial score (nSPS) is 13.8. The zero-order chi connectivity index (χ0) is 21.1. The zero-order valence-corrected chi connectivity index (χ0v) is 18.3. The van der Waals surface area contributed by atoms with E-state index in [1.165, 1.54) is 4.90 Å². The zero-order valence-electron chi connectivity index (χ0n) is 17.5. The van der Waals surface area contributed by atoms with Gasteiger partial charge in [0.25, 0.3) is 17.7 Å². The Morgan fingerprint density at radius 3 is 2.20 bits per heavy atom. The van der Waals surface area contributed by atoms with E-state index in [2.05, 4.69) is 13.8 Å². The number of fused-ring (bicyclic) bond motifs is 1. The quantitative estimate of drug-likeness (QED) is 0.684. The van der Waals surface area contributed by atoms with Crippen molar-refractivity contribution < 1.29 is 14.4 Å². The molecule has 1 aliphatic heterocycles. The second-order valence-electron chi connectivity index (χ2n) is 7.87. The molecule has 3 amide bonds. The van der Waals surface area contributed by atoms with Crippen LogP contribution >= 0.6 is 12.4 Å². The molecule has 0 aromatic heterocycles. The number of halogens is 1. The van der Waals surface area contributed by atoms with Crippen LogP contribution in [0.25, 0.3) is 0 Å². The lowest BCUT2D eigenvalue weighted by Gasteiger charge is -2.22. The lowest BCUT2D eigenvalue weighted by molar-refractivity contribution is 0.0642. The maximum atomic E-state index is 12.8. The largest absolute Gasteiger partial charge is 0.342 e. The highest BCUT2D eigenvalue weighted by molar-refractivity contribution is 6.21. The van der Waals surface area contributed by atoms with Gasteiger partial charge in [-0.3, -0.25) is 19.3 Å². The fraction of sp³-hybridized carbons (Fsp3) is 0.348. The van der Waals surface area contributed by atoms with Crippen molar-refractivity contribution >= 4 is 30.1 Å². The van der Waals surface area contributed by atoms with Crippen LogP contribution in [-0.4, -0.2) is 47.2 Å². The van der Waals surface area contributed by atoms with E-state index >= 15 is 0 Å². The second kappa shape index (κ2) is 9.87. The van der Waals surface area contributed by atoms with Gasteiger partial charge >= 0.3 is 0 Å². The van der Waals surface area contributed by atoms with Crippen molar-refractivity contribution in [2.75, 3.05) is 13.6 Å². The molecular weight excluding hydrogens is 402 g/mol. The minimum Gasteiger partial charge on any atom is -0.342 e. The SMILES string of the molecule is CC(C)C(N)CCN(C)C(=O)c1cccc(CN2C(=O)c3ccccc3C2=O)c1.Cl. The van der Waals surface area contributed by atoms with Crippen molar-refractivity contribution in [2.45, 2.75) is 32.9 Å². The summed E-state index contributed by atoms with van der Waals surface area (Å²) in [5.41, 5.74) is 8.18. The number of nitrogens with zero attached hydrogens (tertiary/aromatic N) is 2. The van der Waals surface area contributed by atoms with Crippen molar-refractivity contribution in [1.82, 2.24) is 9.80 Å². The molecular formula is C23H28ClN3O3. The number of imide groups is 1. The Kier molecular flexibility index (Phi) is 7.76. The molecule has 1 atom stereocenters. The lowest BCUT2D eigenvalue weighted by Crippen LogP contribution is -2.34. The van der Waals surface area contributed by atoms with Crippen LogP contribution in [0.4, 0.5) is 0 Å². The Morgan fingerprint density at radius 1 is 1.03 bits per heavy atom. The number of nitrogens with two attached hydrogens (primary N) is 1. The number of carbonyl (C=O) groups is 3. The summed E-state index contributed by atoms with van der Waals surface area (Å²) < 4.78 is 0. The molecule has 160 valence electrons. The Bertz CT molecular complexity index is 910. The van der Waals surface area contributed by atoms with Gasteiger partial charge in [0.2, 0.25) is 0 Å². The summed E-state index contributed by atoms with van der Waals surface area (Å²) in [6, 6.07) is 13.9. The van der Waals surface area contributed by atoms with E-state index in [0.717, 1.165) is 12.0 Å². The molecule has 0 fully saturated rings. The molecule has 1 unspecified atom stereocenters. The van der Waals surface area contributed by atoms with Crippen LogP contribution in [0.1, 0.15) is 56.9 Å². The van der Waals surface area contributed by atoms with Gasteiger partial charge in [-0.05, 0) is 42.2 Å². The van der Waals surface area contributed by atoms with Crippen LogP contribution in [0.15, 0.2) is 48.5 Å². The van der Waals surface area contributed by atoms with Gasteiger partial charge in [-0.1, -0.05) is 38.1 Å². The molecule has 0 saturated heterocycles. The van der Waals surface area contributed by atoms with Gasteiger partial charge in [0.05, 0.1) is 17.7 Å². The van der Waals surface area contributed by atoms with E-state index in [1.54, 1.807) is 54.4 Å². The predicted molar refractivity (Wildman–Crippen MR) is 119 cm³/mol. The summed E-state index contributed by atoms with van der Waals surface area (Å²) in [6.07, 6.45) is 0.731. The van der Waals surface area contributed by atoms with Gasteiger partial charge in [-0.2, -0.15) is 0 Å². The second-order valence-corrected chi connectivity index (χ2v) is 7.87. The van der Waals surface area contributed by atoms with Crippen molar-refractivity contribution in [3.05, 3.63) is 70.8 Å². The van der Waals surface area contributed by atoms with E-state index in [9.17, 15) is 14.4 Å². The molecule has 0 aliphatic carbocycles. The molecule has 2 aromatic rings. The third-order valence-electron chi connectivity index (χ3n) is 5.39. The first-order valence-corrected chi connectivity index (χ1v) is 9.84. The van der Waals surface area contributed by atoms with Gasteiger partial charge in [-0.25, -0.2) is 0 Å². The summed E-state index contributed by atoms with van der Waals surface area (Å²) in [7, 11) is 1.76. The number of rotatable bonds is 7. The van der Waals surface area contributed by atoms with Gasteiger partial charge in [-0.15, -0.1) is 12.4 Å². The topological polar surface area (TPSA) is 83.7 Å². The van der Waals surface area contributed by atoms with Crippen LogP contribution in [0, 0.1) is 5.92 Å². The average Bonchev–Trinajstić information content (AvgIpc) is 2.96. The Morgan fingerprint density at radius 2 is 1.63 bits per heavy atom. The molecule has 0 radical (unpaired) electrons. The van der Waals surface area contributed by atoms with Crippen LogP contribution in [0.2, 0.25) is 0 Å². The monoisotopic (exact) mass is 429 g/mol. The first kappa shape index (κ1) is 23.6. The Hall–Kier alpha value is -2.70. The summed E-state index contributed by atoms with van der Waals surface area (Å²) in [5, 5.41) is 0. The molecule has 1 aliphatic rings. The highest BCUT2D eigenvalue weighted by atomic mass is 35.5. The highest BCUT2D eigenvalue weighted by Gasteiger charge is 2.35. The molecule has 30 heavy (non-hydrogen) atoms. The standard InChI is InChI=1S/C23H27N3O3.ClH/c1-15(2)20(24)11-12-25(3)21(27)17-8-6-7-16(13-17)14-26-22(28)18-9-4-5-10-19(18)23(26)29;/h4-10,13,15,20H,11-12,14,24H2,1-3H3;1H. The first-order valence-electron chi connectivity index (χ1n) is 9.84. The van der Waals surface area contributed by atoms with E-state index < -0.39 is 0 Å². The summed E-state index contributed by atoms with van der Waals surface area (Å²) in [5.74, 6) is -0.351. The maximum Gasteiger partial charge on any atom is 0.261 e. The van der Waals surface area contributed by atoms with E-state index in [0.29, 0.717) is 29.2 Å². The van der Waals surface area contributed by atoms with Gasteiger partial charge in [0.1, 0.15) is 0 Å². The maximum absolute atomic E-state index is 12.8. The minimum absolute atomic E-state index is 0. The number of benzene rings is 2. The van der Waals surface area contributed by atoms with Crippen LogP contribution in [0.5, 0.6) is 0 Å². The lowest BCUT2D eigenvalue weighted by atomic mass is 10.0. The van der Waals surface area contributed by atoms with Gasteiger partial charge < -0.3 is 10.6 Å².